The van der Waals surface area contributed by atoms with Crippen LogP contribution in [-0.2, 0) is 5.41 Å². The van der Waals surface area contributed by atoms with Crippen LogP contribution in [0.4, 0.5) is 5.82 Å². The van der Waals surface area contributed by atoms with Crippen LogP contribution >= 0.6 is 11.3 Å². The third-order valence-corrected chi connectivity index (χ3v) is 4.36. The Morgan fingerprint density at radius 2 is 2.05 bits per heavy atom. The van der Waals surface area contributed by atoms with E-state index in [1.807, 2.05) is 19.9 Å². The van der Waals surface area contributed by atoms with Crippen molar-refractivity contribution in [1.82, 2.24) is 15.2 Å². The van der Waals surface area contributed by atoms with Crippen molar-refractivity contribution in [3.05, 3.63) is 33.4 Å². The molecule has 0 bridgehead atoms. The molecule has 118 valence electrons. The fraction of sp³-hybridized carbons (Fsp3) is 0.467. The van der Waals surface area contributed by atoms with Crippen LogP contribution in [0, 0.1) is 6.92 Å². The molecule has 0 aliphatic carbocycles. The van der Waals surface area contributed by atoms with E-state index < -0.39 is 0 Å². The van der Waals surface area contributed by atoms with E-state index in [4.69, 9.17) is 5.73 Å². The first-order valence-corrected chi connectivity index (χ1v) is 7.87. The summed E-state index contributed by atoms with van der Waals surface area (Å²) >= 11 is 1.28. The molecule has 22 heavy (non-hydrogen) atoms. The monoisotopic (exact) mass is 319 g/mol. The van der Waals surface area contributed by atoms with Gasteiger partial charge in [-0.25, -0.2) is 4.98 Å². The van der Waals surface area contributed by atoms with Crippen molar-refractivity contribution in [2.75, 3.05) is 5.32 Å². The molecular formula is C15H21N5OS. The van der Waals surface area contributed by atoms with Gasteiger partial charge in [-0.3, -0.25) is 4.79 Å². The topological polar surface area (TPSA) is 93.8 Å². The number of carbonyl (C=O) groups is 1. The summed E-state index contributed by atoms with van der Waals surface area (Å²) in [4.78, 5) is 16.9. The standard InChI is InChI=1S/C15H21N5OS/c1-8(16)14-17-7-11(22-14)13(21)18-12-6-10(15(3,4)5)9(2)19-20-12/h6-8H,16H2,1-5H3,(H,18,20,21). The maximum Gasteiger partial charge on any atom is 0.268 e. The normalized spacial score (nSPS) is 13.0. The highest BCUT2D eigenvalue weighted by Crippen LogP contribution is 2.26. The second kappa shape index (κ2) is 6.10. The molecule has 0 spiro atoms. The number of hydrogen-bond acceptors (Lipinski definition) is 6. The van der Waals surface area contributed by atoms with Crippen LogP contribution in [0.1, 0.15) is 59.7 Å². The van der Waals surface area contributed by atoms with Crippen LogP contribution < -0.4 is 11.1 Å². The predicted octanol–water partition coefficient (Wildman–Crippen LogP) is 2.81. The molecule has 2 aromatic heterocycles. The first-order valence-electron chi connectivity index (χ1n) is 7.06. The van der Waals surface area contributed by atoms with E-state index in [0.29, 0.717) is 10.7 Å². The predicted molar refractivity (Wildman–Crippen MR) is 88.1 cm³/mol. The summed E-state index contributed by atoms with van der Waals surface area (Å²) in [6, 6.07) is 1.69. The maximum atomic E-state index is 12.2. The Morgan fingerprint density at radius 1 is 1.36 bits per heavy atom. The Labute approximate surface area is 134 Å². The molecule has 0 saturated carbocycles. The van der Waals surface area contributed by atoms with Gasteiger partial charge in [-0.15, -0.1) is 16.4 Å². The summed E-state index contributed by atoms with van der Waals surface area (Å²) in [5.74, 6) is 0.193. The molecule has 0 aliphatic heterocycles. The van der Waals surface area contributed by atoms with Gasteiger partial charge in [0.2, 0.25) is 0 Å². The van der Waals surface area contributed by atoms with Crippen molar-refractivity contribution >= 4 is 23.1 Å². The van der Waals surface area contributed by atoms with Gasteiger partial charge in [0, 0.05) is 0 Å². The van der Waals surface area contributed by atoms with Gasteiger partial charge in [-0.05, 0) is 30.9 Å². The van der Waals surface area contributed by atoms with Crippen molar-refractivity contribution < 1.29 is 4.79 Å². The lowest BCUT2D eigenvalue weighted by Crippen LogP contribution is -2.18. The molecule has 2 rings (SSSR count). The molecule has 0 fully saturated rings. The summed E-state index contributed by atoms with van der Waals surface area (Å²) in [5.41, 5.74) is 7.61. The number of thiazole rings is 1. The molecule has 0 saturated heterocycles. The van der Waals surface area contributed by atoms with E-state index in [-0.39, 0.29) is 17.4 Å². The molecule has 0 aliphatic rings. The zero-order chi connectivity index (χ0) is 16.5. The number of nitrogens with zero attached hydrogens (tertiary/aromatic N) is 3. The minimum absolute atomic E-state index is 0.0634. The van der Waals surface area contributed by atoms with Crippen LogP contribution in [0.15, 0.2) is 12.3 Å². The highest BCUT2D eigenvalue weighted by molar-refractivity contribution is 7.13. The number of aryl methyl sites for hydroxylation is 1. The van der Waals surface area contributed by atoms with E-state index in [9.17, 15) is 4.79 Å². The number of carbonyl (C=O) groups excluding carboxylic acids is 1. The summed E-state index contributed by atoms with van der Waals surface area (Å²) in [5, 5.41) is 11.7. The Balaban J connectivity index is 2.21. The Bertz CT molecular complexity index is 687. The number of hydrogen-bond donors (Lipinski definition) is 2. The van der Waals surface area contributed by atoms with Crippen molar-refractivity contribution in [3.8, 4) is 0 Å². The quantitative estimate of drug-likeness (QED) is 0.907. The van der Waals surface area contributed by atoms with Crippen LogP contribution in [0.3, 0.4) is 0 Å². The van der Waals surface area contributed by atoms with Gasteiger partial charge in [0.05, 0.1) is 17.9 Å². The molecular weight excluding hydrogens is 298 g/mol. The van der Waals surface area contributed by atoms with Crippen molar-refractivity contribution in [2.45, 2.75) is 46.1 Å². The average molecular weight is 319 g/mol. The molecule has 7 heteroatoms. The van der Waals surface area contributed by atoms with Crippen LogP contribution in [0.5, 0.6) is 0 Å². The van der Waals surface area contributed by atoms with E-state index in [0.717, 1.165) is 16.3 Å². The fourth-order valence-corrected chi connectivity index (χ4v) is 2.82. The van der Waals surface area contributed by atoms with Crippen molar-refractivity contribution in [1.29, 1.82) is 0 Å². The van der Waals surface area contributed by atoms with Crippen LogP contribution in [0.25, 0.3) is 0 Å². The Hall–Kier alpha value is -1.86. The zero-order valence-electron chi connectivity index (χ0n) is 13.5. The third kappa shape index (κ3) is 3.66. The van der Waals surface area contributed by atoms with Crippen molar-refractivity contribution in [2.24, 2.45) is 5.73 Å². The minimum atomic E-state index is -0.248. The lowest BCUT2D eigenvalue weighted by Gasteiger charge is -2.21. The Kier molecular flexibility index (Phi) is 4.58. The lowest BCUT2D eigenvalue weighted by molar-refractivity contribution is 0.103. The van der Waals surface area contributed by atoms with Gasteiger partial charge in [0.25, 0.3) is 5.91 Å². The summed E-state index contributed by atoms with van der Waals surface area (Å²) in [6.07, 6.45) is 1.53. The van der Waals surface area contributed by atoms with Crippen LogP contribution in [-0.4, -0.2) is 21.1 Å². The number of nitrogens with two attached hydrogens (primary N) is 1. The third-order valence-electron chi connectivity index (χ3n) is 3.17. The molecule has 1 atom stereocenters. The van der Waals surface area contributed by atoms with Gasteiger partial charge in [-0.1, -0.05) is 20.8 Å². The van der Waals surface area contributed by atoms with Gasteiger partial charge in [0.1, 0.15) is 9.88 Å². The van der Waals surface area contributed by atoms with E-state index in [1.165, 1.54) is 17.5 Å². The van der Waals surface area contributed by atoms with Crippen LogP contribution in [0.2, 0.25) is 0 Å². The maximum absolute atomic E-state index is 12.2. The minimum Gasteiger partial charge on any atom is -0.322 e. The van der Waals surface area contributed by atoms with Gasteiger partial charge < -0.3 is 11.1 Å². The summed E-state index contributed by atoms with van der Waals surface area (Å²) in [7, 11) is 0. The first kappa shape index (κ1) is 16.5. The number of nitrogens with one attached hydrogen (secondary N) is 1. The van der Waals surface area contributed by atoms with Gasteiger partial charge in [-0.2, -0.15) is 5.10 Å². The first-order chi connectivity index (χ1) is 10.2. The highest BCUT2D eigenvalue weighted by atomic mass is 32.1. The molecule has 2 aromatic rings. The second-order valence-corrected chi connectivity index (χ2v) is 7.35. The number of amides is 1. The summed E-state index contributed by atoms with van der Waals surface area (Å²) < 4.78 is 0. The fourth-order valence-electron chi connectivity index (χ4n) is 2.05. The van der Waals surface area contributed by atoms with Gasteiger partial charge in [0.15, 0.2) is 5.82 Å². The SMILES string of the molecule is Cc1nnc(NC(=O)c2cnc(C(C)N)s2)cc1C(C)(C)C. The zero-order valence-corrected chi connectivity index (χ0v) is 14.3. The highest BCUT2D eigenvalue weighted by Gasteiger charge is 2.20. The van der Waals surface area contributed by atoms with Gasteiger partial charge >= 0.3 is 0 Å². The molecule has 0 radical (unpaired) electrons. The second-order valence-electron chi connectivity index (χ2n) is 6.28. The van der Waals surface area contributed by atoms with Crippen molar-refractivity contribution in [3.63, 3.8) is 0 Å². The smallest absolute Gasteiger partial charge is 0.268 e. The van der Waals surface area contributed by atoms with E-state index in [2.05, 4.69) is 41.3 Å². The summed E-state index contributed by atoms with van der Waals surface area (Å²) in [6.45, 7) is 10.0. The lowest BCUT2D eigenvalue weighted by atomic mass is 9.86. The number of anilines is 1. The largest absolute Gasteiger partial charge is 0.322 e. The molecule has 3 N–H and O–H groups in total. The molecule has 0 aromatic carbocycles. The van der Waals surface area contributed by atoms with E-state index >= 15 is 0 Å². The molecule has 1 unspecified atom stereocenters. The number of rotatable bonds is 3. The molecule has 1 amide bonds. The average Bonchev–Trinajstić information content (AvgIpc) is 2.89. The molecule has 2 heterocycles. The Morgan fingerprint density at radius 3 is 2.59 bits per heavy atom. The number of aromatic nitrogens is 3. The molecule has 6 nitrogen and oxygen atoms in total. The van der Waals surface area contributed by atoms with E-state index in [1.54, 1.807) is 0 Å².